The van der Waals surface area contributed by atoms with Gasteiger partial charge in [0.25, 0.3) is 5.91 Å². The Hall–Kier alpha value is -1.58. The van der Waals surface area contributed by atoms with Crippen LogP contribution in [0.25, 0.3) is 0 Å². The molecule has 1 aromatic rings. The van der Waals surface area contributed by atoms with Crippen LogP contribution in [0.1, 0.15) is 43.0 Å². The molecule has 0 radical (unpaired) electrons. The Balaban J connectivity index is 2.16. The van der Waals surface area contributed by atoms with Gasteiger partial charge in [-0.3, -0.25) is 9.78 Å². The summed E-state index contributed by atoms with van der Waals surface area (Å²) in [5, 5.41) is 3.06. The Morgan fingerprint density at radius 1 is 1.56 bits per heavy atom. The Kier molecular flexibility index (Phi) is 4.18. The van der Waals surface area contributed by atoms with Gasteiger partial charge in [0.05, 0.1) is 5.56 Å². The van der Waals surface area contributed by atoms with Gasteiger partial charge in [-0.25, -0.2) is 0 Å². The molecule has 4 nitrogen and oxygen atoms in total. The van der Waals surface area contributed by atoms with Crippen LogP contribution < -0.4 is 5.32 Å². The molecule has 4 heteroatoms. The van der Waals surface area contributed by atoms with Crippen molar-refractivity contribution in [1.82, 2.24) is 9.88 Å². The van der Waals surface area contributed by atoms with Gasteiger partial charge in [-0.2, -0.15) is 0 Å². The third kappa shape index (κ3) is 2.81. The number of carbonyl (C=O) groups is 1. The minimum Gasteiger partial charge on any atom is -0.387 e. The Labute approximate surface area is 108 Å². The van der Waals surface area contributed by atoms with Crippen LogP contribution in [0, 0.1) is 0 Å². The van der Waals surface area contributed by atoms with Crippen LogP contribution in [0.4, 0.5) is 5.69 Å². The zero-order valence-corrected chi connectivity index (χ0v) is 11.1. The topological polar surface area (TPSA) is 45.2 Å². The van der Waals surface area contributed by atoms with Gasteiger partial charge in [0, 0.05) is 37.7 Å². The molecule has 1 N–H and O–H groups in total. The summed E-state index contributed by atoms with van der Waals surface area (Å²) in [5.74, 6) is 0.114. The van der Waals surface area contributed by atoms with Gasteiger partial charge in [0.15, 0.2) is 0 Å². The molecular weight excluding hydrogens is 226 g/mol. The summed E-state index contributed by atoms with van der Waals surface area (Å²) in [6.07, 6.45) is 7.83. The van der Waals surface area contributed by atoms with Gasteiger partial charge in [-0.15, -0.1) is 0 Å². The molecule has 18 heavy (non-hydrogen) atoms. The monoisotopic (exact) mass is 247 g/mol. The minimum absolute atomic E-state index is 0.114. The average molecular weight is 247 g/mol. The van der Waals surface area contributed by atoms with E-state index in [1.165, 1.54) is 0 Å². The number of hydrogen-bond acceptors (Lipinski definition) is 3. The number of anilines is 1. The molecule has 0 spiro atoms. The normalized spacial score (nSPS) is 14.3. The van der Waals surface area contributed by atoms with E-state index >= 15 is 0 Å². The summed E-state index contributed by atoms with van der Waals surface area (Å²) in [7, 11) is 1.83. The van der Waals surface area contributed by atoms with E-state index in [4.69, 9.17) is 0 Å². The quantitative estimate of drug-likeness (QED) is 0.840. The smallest absolute Gasteiger partial charge is 0.257 e. The molecule has 1 aliphatic carbocycles. The molecule has 0 bridgehead atoms. The zero-order chi connectivity index (χ0) is 13.0. The first kappa shape index (κ1) is 12.9. The van der Waals surface area contributed by atoms with Crippen LogP contribution in [0.2, 0.25) is 0 Å². The Bertz CT molecular complexity index is 415. The highest BCUT2D eigenvalue weighted by molar-refractivity contribution is 5.99. The molecule has 0 saturated heterocycles. The Morgan fingerprint density at radius 2 is 2.33 bits per heavy atom. The predicted octanol–water partition coefficient (Wildman–Crippen LogP) is 2.53. The molecular formula is C14H21N3O. The molecule has 1 aliphatic rings. The lowest BCUT2D eigenvalue weighted by atomic mass is 10.2. The van der Waals surface area contributed by atoms with Gasteiger partial charge in [-0.1, -0.05) is 13.3 Å². The highest BCUT2D eigenvalue weighted by Crippen LogP contribution is 2.29. The van der Waals surface area contributed by atoms with Crippen molar-refractivity contribution in [1.29, 1.82) is 0 Å². The number of rotatable bonds is 6. The molecule has 1 heterocycles. The average Bonchev–Trinajstić information content (AvgIpc) is 3.23. The molecule has 0 atom stereocenters. The number of hydrogen-bond donors (Lipinski definition) is 1. The Morgan fingerprint density at radius 3 is 2.94 bits per heavy atom. The number of aromatic nitrogens is 1. The van der Waals surface area contributed by atoms with E-state index in [2.05, 4.69) is 17.2 Å². The van der Waals surface area contributed by atoms with Crippen molar-refractivity contribution in [2.75, 3.05) is 18.9 Å². The molecule has 2 rings (SSSR count). The summed E-state index contributed by atoms with van der Waals surface area (Å²) in [4.78, 5) is 18.6. The van der Waals surface area contributed by atoms with Gasteiger partial charge >= 0.3 is 0 Å². The highest BCUT2D eigenvalue weighted by atomic mass is 16.2. The van der Waals surface area contributed by atoms with Crippen LogP contribution >= 0.6 is 0 Å². The van der Waals surface area contributed by atoms with Crippen molar-refractivity contribution in [3.05, 3.63) is 24.0 Å². The fourth-order valence-electron chi connectivity index (χ4n) is 2.10. The second-order valence-electron chi connectivity index (χ2n) is 4.75. The summed E-state index contributed by atoms with van der Waals surface area (Å²) in [6.45, 7) is 3.01. The first-order valence-corrected chi connectivity index (χ1v) is 6.70. The molecule has 0 aliphatic heterocycles. The van der Waals surface area contributed by atoms with Crippen molar-refractivity contribution in [2.24, 2.45) is 0 Å². The van der Waals surface area contributed by atoms with E-state index in [9.17, 15) is 4.79 Å². The number of nitrogens with zero attached hydrogens (tertiary/aromatic N) is 2. The molecule has 0 aromatic carbocycles. The van der Waals surface area contributed by atoms with Crippen LogP contribution in [0.3, 0.4) is 0 Å². The summed E-state index contributed by atoms with van der Waals surface area (Å²) >= 11 is 0. The largest absolute Gasteiger partial charge is 0.387 e. The lowest BCUT2D eigenvalue weighted by Crippen LogP contribution is -2.34. The highest BCUT2D eigenvalue weighted by Gasteiger charge is 2.33. The molecule has 1 amide bonds. The molecule has 98 valence electrons. The van der Waals surface area contributed by atoms with Gasteiger partial charge < -0.3 is 10.2 Å². The standard InChI is InChI=1S/C14H21N3O/c1-3-4-9-17(11-5-6-11)14(18)12-10-16-8-7-13(12)15-2/h7-8,10-11H,3-6,9H2,1-2H3,(H,15,16). The first-order chi connectivity index (χ1) is 8.77. The molecule has 1 saturated carbocycles. The third-order valence-electron chi connectivity index (χ3n) is 3.32. The van der Waals surface area contributed by atoms with E-state index in [1.54, 1.807) is 12.4 Å². The van der Waals surface area contributed by atoms with Crippen LogP contribution in [0.15, 0.2) is 18.5 Å². The van der Waals surface area contributed by atoms with E-state index in [0.29, 0.717) is 11.6 Å². The lowest BCUT2D eigenvalue weighted by molar-refractivity contribution is 0.0741. The summed E-state index contributed by atoms with van der Waals surface area (Å²) in [6, 6.07) is 2.30. The van der Waals surface area contributed by atoms with E-state index < -0.39 is 0 Å². The molecule has 1 fully saturated rings. The summed E-state index contributed by atoms with van der Waals surface area (Å²) < 4.78 is 0. The number of amides is 1. The lowest BCUT2D eigenvalue weighted by Gasteiger charge is -2.23. The predicted molar refractivity (Wildman–Crippen MR) is 72.8 cm³/mol. The summed E-state index contributed by atoms with van der Waals surface area (Å²) in [5.41, 5.74) is 1.54. The maximum absolute atomic E-state index is 12.6. The van der Waals surface area contributed by atoms with Crippen molar-refractivity contribution in [3.8, 4) is 0 Å². The zero-order valence-electron chi connectivity index (χ0n) is 11.1. The first-order valence-electron chi connectivity index (χ1n) is 6.70. The second kappa shape index (κ2) is 5.85. The number of carbonyl (C=O) groups excluding carboxylic acids is 1. The van der Waals surface area contributed by atoms with Crippen molar-refractivity contribution < 1.29 is 4.79 Å². The molecule has 0 unspecified atom stereocenters. The minimum atomic E-state index is 0.114. The van der Waals surface area contributed by atoms with Crippen molar-refractivity contribution >= 4 is 11.6 Å². The van der Waals surface area contributed by atoms with Crippen molar-refractivity contribution in [3.63, 3.8) is 0 Å². The maximum atomic E-state index is 12.6. The fourth-order valence-corrected chi connectivity index (χ4v) is 2.10. The van der Waals surface area contributed by atoms with Gasteiger partial charge in [-0.05, 0) is 25.3 Å². The van der Waals surface area contributed by atoms with Crippen LogP contribution in [-0.4, -0.2) is 35.4 Å². The van der Waals surface area contributed by atoms with Gasteiger partial charge in [0.1, 0.15) is 0 Å². The van der Waals surface area contributed by atoms with E-state index in [1.807, 2.05) is 18.0 Å². The maximum Gasteiger partial charge on any atom is 0.257 e. The fraction of sp³-hybridized carbons (Fsp3) is 0.571. The molecule has 1 aromatic heterocycles. The number of pyridine rings is 1. The SMILES string of the molecule is CCCCN(C(=O)c1cnccc1NC)C1CC1. The number of unbranched alkanes of at least 4 members (excludes halogenated alkanes) is 1. The second-order valence-corrected chi connectivity index (χ2v) is 4.75. The number of nitrogens with one attached hydrogen (secondary N) is 1. The van der Waals surface area contributed by atoms with Gasteiger partial charge in [0.2, 0.25) is 0 Å². The third-order valence-corrected chi connectivity index (χ3v) is 3.32. The van der Waals surface area contributed by atoms with Crippen LogP contribution in [-0.2, 0) is 0 Å². The van der Waals surface area contributed by atoms with Crippen molar-refractivity contribution in [2.45, 2.75) is 38.6 Å². The van der Waals surface area contributed by atoms with E-state index in [0.717, 1.165) is 37.9 Å². The van der Waals surface area contributed by atoms with Crippen LogP contribution in [0.5, 0.6) is 0 Å². The van der Waals surface area contributed by atoms with E-state index in [-0.39, 0.29) is 5.91 Å².